The van der Waals surface area contributed by atoms with E-state index in [1.165, 1.54) is 0 Å². The fourth-order valence-electron chi connectivity index (χ4n) is 5.10. The molecule has 2 amide bonds. The largest absolute Gasteiger partial charge is 0.335 e. The van der Waals surface area contributed by atoms with Gasteiger partial charge in [0.05, 0.1) is 29.7 Å². The number of pyridine rings is 2. The Kier molecular flexibility index (Phi) is 7.65. The number of H-pyrrole nitrogens is 1. The number of likely N-dealkylation sites (N-methyl/N-ethyl adjacent to an activating group) is 1. The molecule has 1 atom stereocenters. The third-order valence-corrected chi connectivity index (χ3v) is 7.50. The number of aromatic nitrogens is 4. The smallest absolute Gasteiger partial charge is 0.237 e. The van der Waals surface area contributed by atoms with Gasteiger partial charge in [-0.3, -0.25) is 29.6 Å². The van der Waals surface area contributed by atoms with Gasteiger partial charge in [-0.1, -0.05) is 13.0 Å². The van der Waals surface area contributed by atoms with Crippen molar-refractivity contribution in [2.45, 2.75) is 26.3 Å². The number of carbonyl (C=O) groups is 2. The number of carbonyl (C=O) groups excluding carboxylic acids is 2. The Morgan fingerprint density at radius 1 is 1.18 bits per heavy atom. The van der Waals surface area contributed by atoms with Crippen molar-refractivity contribution >= 4 is 28.4 Å². The summed E-state index contributed by atoms with van der Waals surface area (Å²) in [5.41, 5.74) is 3.78. The standard InChI is InChI=1S/C29H32FN7O2/c1-3-29(18-30,19-36(2)17-26(38)37-14-10-20-5-4-11-32-25(20)16-37)28(39)33-22-6-7-24-23(15-22)27(35-34-24)21-8-12-31-13-9-21/h4-9,11-13,15H,3,10,14,16-19H2,1-2H3,(H,33,39)(H,34,35). The fraction of sp³-hybridized carbons (Fsp3) is 0.345. The number of hydrogen-bond acceptors (Lipinski definition) is 6. The molecule has 202 valence electrons. The Morgan fingerprint density at radius 3 is 2.77 bits per heavy atom. The maximum Gasteiger partial charge on any atom is 0.237 e. The number of aromatic amines is 1. The molecule has 4 heterocycles. The highest BCUT2D eigenvalue weighted by atomic mass is 19.1. The van der Waals surface area contributed by atoms with E-state index in [1.54, 1.807) is 48.4 Å². The minimum Gasteiger partial charge on any atom is -0.335 e. The summed E-state index contributed by atoms with van der Waals surface area (Å²) < 4.78 is 14.6. The van der Waals surface area contributed by atoms with Crippen molar-refractivity contribution in [2.24, 2.45) is 5.41 Å². The number of nitrogens with one attached hydrogen (secondary N) is 2. The van der Waals surface area contributed by atoms with Crippen LogP contribution in [0, 0.1) is 5.41 Å². The van der Waals surface area contributed by atoms with Crippen LogP contribution in [-0.4, -0.2) is 75.1 Å². The van der Waals surface area contributed by atoms with Gasteiger partial charge < -0.3 is 10.2 Å². The molecule has 0 bridgehead atoms. The van der Waals surface area contributed by atoms with Crippen molar-refractivity contribution in [3.05, 3.63) is 72.3 Å². The van der Waals surface area contributed by atoms with Crippen LogP contribution >= 0.6 is 0 Å². The second kappa shape index (κ2) is 11.3. The number of rotatable bonds is 9. The fourth-order valence-corrected chi connectivity index (χ4v) is 5.10. The first-order valence-electron chi connectivity index (χ1n) is 13.1. The van der Waals surface area contributed by atoms with Gasteiger partial charge in [-0.05, 0) is 61.9 Å². The van der Waals surface area contributed by atoms with Gasteiger partial charge in [-0.2, -0.15) is 5.10 Å². The van der Waals surface area contributed by atoms with Crippen LogP contribution < -0.4 is 5.32 Å². The number of benzene rings is 1. The van der Waals surface area contributed by atoms with Crippen LogP contribution in [0.25, 0.3) is 22.2 Å². The maximum absolute atomic E-state index is 14.6. The number of anilines is 1. The molecule has 39 heavy (non-hydrogen) atoms. The molecule has 4 aromatic rings. The highest BCUT2D eigenvalue weighted by Crippen LogP contribution is 2.30. The summed E-state index contributed by atoms with van der Waals surface area (Å²) in [5, 5.41) is 11.2. The lowest BCUT2D eigenvalue weighted by Gasteiger charge is -2.34. The van der Waals surface area contributed by atoms with Gasteiger partial charge in [0.2, 0.25) is 11.8 Å². The molecule has 10 heteroatoms. The zero-order chi connectivity index (χ0) is 27.4. The molecule has 0 saturated heterocycles. The van der Waals surface area contributed by atoms with Gasteiger partial charge >= 0.3 is 0 Å². The molecule has 1 aromatic carbocycles. The van der Waals surface area contributed by atoms with E-state index in [0.29, 0.717) is 18.8 Å². The van der Waals surface area contributed by atoms with Crippen LogP contribution in [0.4, 0.5) is 10.1 Å². The first-order valence-corrected chi connectivity index (χ1v) is 13.1. The van der Waals surface area contributed by atoms with Gasteiger partial charge in [0, 0.05) is 48.3 Å². The van der Waals surface area contributed by atoms with E-state index in [0.717, 1.165) is 39.8 Å². The molecule has 2 N–H and O–H groups in total. The van der Waals surface area contributed by atoms with Crippen LogP contribution in [0.5, 0.6) is 0 Å². The van der Waals surface area contributed by atoms with Gasteiger partial charge in [-0.15, -0.1) is 0 Å². The molecular formula is C29H32FN7O2. The summed E-state index contributed by atoms with van der Waals surface area (Å²) in [7, 11) is 1.75. The van der Waals surface area contributed by atoms with E-state index >= 15 is 0 Å². The predicted molar refractivity (Wildman–Crippen MR) is 148 cm³/mol. The first kappa shape index (κ1) is 26.4. The highest BCUT2D eigenvalue weighted by Gasteiger charge is 2.39. The molecule has 1 unspecified atom stereocenters. The summed E-state index contributed by atoms with van der Waals surface area (Å²) >= 11 is 0. The highest BCUT2D eigenvalue weighted by molar-refractivity contribution is 6.00. The topological polar surface area (TPSA) is 107 Å². The Hall–Kier alpha value is -4.18. The van der Waals surface area contributed by atoms with Crippen molar-refractivity contribution in [2.75, 3.05) is 38.7 Å². The van der Waals surface area contributed by atoms with E-state index in [9.17, 15) is 14.0 Å². The van der Waals surface area contributed by atoms with Gasteiger partial charge in [0.1, 0.15) is 12.4 Å². The molecule has 5 rings (SSSR count). The normalized spacial score (nSPS) is 14.7. The number of halogens is 1. The van der Waals surface area contributed by atoms with E-state index < -0.39 is 18.0 Å². The molecule has 3 aromatic heterocycles. The zero-order valence-corrected chi connectivity index (χ0v) is 22.2. The second-order valence-corrected chi connectivity index (χ2v) is 10.1. The van der Waals surface area contributed by atoms with E-state index in [4.69, 9.17) is 0 Å². The van der Waals surface area contributed by atoms with Crippen molar-refractivity contribution in [3.63, 3.8) is 0 Å². The minimum atomic E-state index is -1.30. The maximum atomic E-state index is 14.6. The van der Waals surface area contributed by atoms with Crippen LogP contribution in [0.3, 0.4) is 0 Å². The van der Waals surface area contributed by atoms with Crippen LogP contribution in [-0.2, 0) is 22.6 Å². The Morgan fingerprint density at radius 2 is 2.00 bits per heavy atom. The van der Waals surface area contributed by atoms with Crippen molar-refractivity contribution < 1.29 is 14.0 Å². The molecular weight excluding hydrogens is 497 g/mol. The number of hydrogen-bond donors (Lipinski definition) is 2. The lowest BCUT2D eigenvalue weighted by molar-refractivity contribution is -0.135. The molecule has 0 fully saturated rings. The van der Waals surface area contributed by atoms with Gasteiger partial charge in [0.25, 0.3) is 0 Å². The Balaban J connectivity index is 1.27. The number of fused-ring (bicyclic) bond motifs is 2. The summed E-state index contributed by atoms with van der Waals surface area (Å²) in [4.78, 5) is 38.5. The molecule has 0 saturated carbocycles. The molecule has 0 spiro atoms. The van der Waals surface area contributed by atoms with Crippen molar-refractivity contribution in [3.8, 4) is 11.3 Å². The lowest BCUT2D eigenvalue weighted by atomic mass is 9.84. The van der Waals surface area contributed by atoms with E-state index in [1.807, 2.05) is 36.4 Å². The van der Waals surface area contributed by atoms with Crippen LogP contribution in [0.1, 0.15) is 24.6 Å². The predicted octanol–water partition coefficient (Wildman–Crippen LogP) is 3.84. The summed E-state index contributed by atoms with van der Waals surface area (Å²) in [6.07, 6.45) is 6.17. The summed E-state index contributed by atoms with van der Waals surface area (Å²) in [5.74, 6) is -0.483. The van der Waals surface area contributed by atoms with Crippen molar-refractivity contribution in [1.29, 1.82) is 0 Å². The summed E-state index contributed by atoms with van der Waals surface area (Å²) in [6, 6.07) is 13.1. The number of nitrogens with zero attached hydrogens (tertiary/aromatic N) is 5. The molecule has 1 aliphatic heterocycles. The SMILES string of the molecule is CCC(CF)(CN(C)CC(=O)N1CCc2cccnc2C1)C(=O)Nc1ccc2[nH]nc(-c3ccncc3)c2c1. The molecule has 1 aliphatic rings. The average Bonchev–Trinajstić information content (AvgIpc) is 3.39. The van der Waals surface area contributed by atoms with E-state index in [2.05, 4.69) is 25.5 Å². The van der Waals surface area contributed by atoms with Crippen LogP contribution in [0.15, 0.2) is 61.1 Å². The third kappa shape index (κ3) is 5.51. The number of amides is 2. The monoisotopic (exact) mass is 529 g/mol. The number of alkyl halides is 1. The molecule has 9 nitrogen and oxygen atoms in total. The Bertz CT molecular complexity index is 1470. The van der Waals surface area contributed by atoms with Crippen LogP contribution in [0.2, 0.25) is 0 Å². The minimum absolute atomic E-state index is 0.0628. The average molecular weight is 530 g/mol. The zero-order valence-electron chi connectivity index (χ0n) is 22.2. The lowest BCUT2D eigenvalue weighted by Crippen LogP contribution is -2.49. The first-order chi connectivity index (χ1) is 18.9. The molecule has 0 radical (unpaired) electrons. The second-order valence-electron chi connectivity index (χ2n) is 10.1. The van der Waals surface area contributed by atoms with Gasteiger partial charge in [0.15, 0.2) is 0 Å². The third-order valence-electron chi connectivity index (χ3n) is 7.50. The van der Waals surface area contributed by atoms with Gasteiger partial charge in [-0.25, -0.2) is 4.39 Å². The van der Waals surface area contributed by atoms with Crippen molar-refractivity contribution in [1.82, 2.24) is 30.0 Å². The quantitative estimate of drug-likeness (QED) is 0.341. The van der Waals surface area contributed by atoms with E-state index in [-0.39, 0.29) is 25.4 Å². The Labute approximate surface area is 226 Å². The summed E-state index contributed by atoms with van der Waals surface area (Å²) in [6.45, 7) is 2.23. The molecule has 0 aliphatic carbocycles.